The second-order valence-electron chi connectivity index (χ2n) is 4.90. The van der Waals surface area contributed by atoms with Gasteiger partial charge in [-0.05, 0) is 43.0 Å². The first-order valence-electron chi connectivity index (χ1n) is 6.92. The third-order valence-corrected chi connectivity index (χ3v) is 3.26. The number of carbonyl (C=O) groups is 1. The van der Waals surface area contributed by atoms with Gasteiger partial charge in [0.2, 0.25) is 0 Å². The summed E-state index contributed by atoms with van der Waals surface area (Å²) in [6.07, 6.45) is 4.22. The maximum atomic E-state index is 12.3. The second kappa shape index (κ2) is 5.81. The van der Waals surface area contributed by atoms with E-state index in [0.717, 1.165) is 12.8 Å². The van der Waals surface area contributed by atoms with Gasteiger partial charge in [0.25, 0.3) is 5.91 Å². The SMILES string of the molecule is NCC#Cc1cccc(NC(=O)c2cccn2C2CC2)n1. The van der Waals surface area contributed by atoms with E-state index >= 15 is 0 Å². The third kappa shape index (κ3) is 3.12. The molecular formula is C16H16N4O. The Kier molecular flexibility index (Phi) is 3.71. The highest BCUT2D eigenvalue weighted by Crippen LogP contribution is 2.36. The summed E-state index contributed by atoms with van der Waals surface area (Å²) in [5.74, 6) is 5.94. The predicted octanol–water partition coefficient (Wildman–Crippen LogP) is 1.78. The van der Waals surface area contributed by atoms with Crippen LogP contribution in [0.15, 0.2) is 36.5 Å². The van der Waals surface area contributed by atoms with Crippen molar-refractivity contribution in [3.8, 4) is 11.8 Å². The number of aromatic nitrogens is 2. The Labute approximate surface area is 123 Å². The highest BCUT2D eigenvalue weighted by molar-refractivity contribution is 6.02. The van der Waals surface area contributed by atoms with Gasteiger partial charge in [0.05, 0.1) is 6.54 Å². The summed E-state index contributed by atoms with van der Waals surface area (Å²) in [7, 11) is 0. The van der Waals surface area contributed by atoms with Crippen LogP contribution in [0.4, 0.5) is 5.82 Å². The van der Waals surface area contributed by atoms with E-state index in [1.54, 1.807) is 12.1 Å². The number of nitrogens with zero attached hydrogens (tertiary/aromatic N) is 2. The molecule has 1 fully saturated rings. The Balaban J connectivity index is 1.76. The molecule has 1 aliphatic rings. The number of carbonyl (C=O) groups excluding carboxylic acids is 1. The van der Waals surface area contributed by atoms with Gasteiger partial charge in [-0.1, -0.05) is 12.0 Å². The first-order chi connectivity index (χ1) is 10.3. The molecule has 0 radical (unpaired) electrons. The summed E-state index contributed by atoms with van der Waals surface area (Å²) in [6.45, 7) is 0.285. The van der Waals surface area contributed by atoms with Crippen molar-refractivity contribution in [3.63, 3.8) is 0 Å². The lowest BCUT2D eigenvalue weighted by Gasteiger charge is -2.08. The predicted molar refractivity (Wildman–Crippen MR) is 80.8 cm³/mol. The fourth-order valence-corrected chi connectivity index (χ4v) is 2.15. The Morgan fingerprint density at radius 3 is 3.00 bits per heavy atom. The molecule has 1 saturated carbocycles. The number of nitrogens with one attached hydrogen (secondary N) is 1. The van der Waals surface area contributed by atoms with E-state index in [1.165, 1.54) is 0 Å². The van der Waals surface area contributed by atoms with Crippen LogP contribution < -0.4 is 11.1 Å². The molecule has 1 aliphatic carbocycles. The molecule has 2 heterocycles. The van der Waals surface area contributed by atoms with E-state index in [2.05, 4.69) is 22.1 Å². The van der Waals surface area contributed by atoms with Crippen molar-refractivity contribution in [1.29, 1.82) is 0 Å². The molecular weight excluding hydrogens is 264 g/mol. The molecule has 0 spiro atoms. The van der Waals surface area contributed by atoms with Crippen LogP contribution in [-0.4, -0.2) is 22.0 Å². The molecule has 5 nitrogen and oxygen atoms in total. The topological polar surface area (TPSA) is 72.9 Å². The van der Waals surface area contributed by atoms with E-state index < -0.39 is 0 Å². The Hall–Kier alpha value is -2.58. The maximum Gasteiger partial charge on any atom is 0.273 e. The zero-order valence-electron chi connectivity index (χ0n) is 11.5. The molecule has 2 aromatic rings. The quantitative estimate of drug-likeness (QED) is 0.842. The van der Waals surface area contributed by atoms with Crippen LogP contribution in [0.25, 0.3) is 0 Å². The first kappa shape index (κ1) is 13.4. The minimum atomic E-state index is -0.150. The molecule has 1 amide bonds. The summed E-state index contributed by atoms with van der Waals surface area (Å²) in [5.41, 5.74) is 6.59. The van der Waals surface area contributed by atoms with Crippen LogP contribution in [0.1, 0.15) is 35.1 Å². The van der Waals surface area contributed by atoms with Crippen molar-refractivity contribution in [2.75, 3.05) is 11.9 Å². The lowest BCUT2D eigenvalue weighted by molar-refractivity contribution is 0.101. The first-order valence-corrected chi connectivity index (χ1v) is 6.92. The van der Waals surface area contributed by atoms with Crippen LogP contribution in [0.2, 0.25) is 0 Å². The minimum absolute atomic E-state index is 0.150. The van der Waals surface area contributed by atoms with Crippen molar-refractivity contribution in [3.05, 3.63) is 47.9 Å². The van der Waals surface area contributed by atoms with Gasteiger partial charge in [0.1, 0.15) is 17.2 Å². The van der Waals surface area contributed by atoms with E-state index in [-0.39, 0.29) is 12.5 Å². The molecule has 2 aromatic heterocycles. The molecule has 0 unspecified atom stereocenters. The maximum absolute atomic E-state index is 12.3. The molecule has 0 saturated heterocycles. The molecule has 0 bridgehead atoms. The number of hydrogen-bond donors (Lipinski definition) is 2. The summed E-state index contributed by atoms with van der Waals surface area (Å²) in [4.78, 5) is 16.6. The fourth-order valence-electron chi connectivity index (χ4n) is 2.15. The molecule has 0 aliphatic heterocycles. The minimum Gasteiger partial charge on any atom is -0.340 e. The Morgan fingerprint density at radius 2 is 2.24 bits per heavy atom. The lowest BCUT2D eigenvalue weighted by Crippen LogP contribution is -2.17. The van der Waals surface area contributed by atoms with Crippen molar-refractivity contribution in [2.24, 2.45) is 5.73 Å². The molecule has 3 rings (SSSR count). The molecule has 0 atom stereocenters. The van der Waals surface area contributed by atoms with Crippen LogP contribution in [0, 0.1) is 11.8 Å². The van der Waals surface area contributed by atoms with Gasteiger partial charge in [0.15, 0.2) is 0 Å². The van der Waals surface area contributed by atoms with Gasteiger partial charge in [-0.25, -0.2) is 4.98 Å². The number of nitrogens with two attached hydrogens (primary N) is 1. The number of anilines is 1. The largest absolute Gasteiger partial charge is 0.340 e. The van der Waals surface area contributed by atoms with Crippen molar-refractivity contribution in [2.45, 2.75) is 18.9 Å². The smallest absolute Gasteiger partial charge is 0.273 e. The van der Waals surface area contributed by atoms with Crippen molar-refractivity contribution in [1.82, 2.24) is 9.55 Å². The standard InChI is InChI=1S/C16H16N4O/c17-10-2-5-12-4-1-7-15(18-12)19-16(21)14-6-3-11-20(14)13-8-9-13/h1,3-4,6-7,11,13H,8-10,17H2,(H,18,19,21). The Morgan fingerprint density at radius 1 is 1.38 bits per heavy atom. The molecule has 3 N–H and O–H groups in total. The summed E-state index contributed by atoms with van der Waals surface area (Å²) >= 11 is 0. The van der Waals surface area contributed by atoms with Gasteiger partial charge >= 0.3 is 0 Å². The molecule has 5 heteroatoms. The number of amides is 1. The van der Waals surface area contributed by atoms with Gasteiger partial charge < -0.3 is 15.6 Å². The zero-order valence-corrected chi connectivity index (χ0v) is 11.5. The van der Waals surface area contributed by atoms with Crippen molar-refractivity contribution >= 4 is 11.7 Å². The van der Waals surface area contributed by atoms with Crippen LogP contribution >= 0.6 is 0 Å². The highest BCUT2D eigenvalue weighted by Gasteiger charge is 2.26. The number of rotatable bonds is 3. The van der Waals surface area contributed by atoms with Gasteiger partial charge in [-0.2, -0.15) is 0 Å². The number of hydrogen-bond acceptors (Lipinski definition) is 3. The van der Waals surface area contributed by atoms with Gasteiger partial charge in [-0.3, -0.25) is 4.79 Å². The lowest BCUT2D eigenvalue weighted by atomic mass is 10.3. The van der Waals surface area contributed by atoms with Crippen molar-refractivity contribution < 1.29 is 4.79 Å². The third-order valence-electron chi connectivity index (χ3n) is 3.26. The number of pyridine rings is 1. The molecule has 106 valence electrons. The fraction of sp³-hybridized carbons (Fsp3) is 0.250. The molecule has 0 aromatic carbocycles. The highest BCUT2D eigenvalue weighted by atomic mass is 16.2. The van der Waals surface area contributed by atoms with E-state index in [0.29, 0.717) is 23.2 Å². The van der Waals surface area contributed by atoms with Crippen LogP contribution in [0.5, 0.6) is 0 Å². The zero-order chi connectivity index (χ0) is 14.7. The van der Waals surface area contributed by atoms with E-state index in [1.807, 2.05) is 29.0 Å². The second-order valence-corrected chi connectivity index (χ2v) is 4.90. The molecule has 21 heavy (non-hydrogen) atoms. The van der Waals surface area contributed by atoms with Gasteiger partial charge in [-0.15, -0.1) is 0 Å². The monoisotopic (exact) mass is 280 g/mol. The normalized spacial score (nSPS) is 13.4. The van der Waals surface area contributed by atoms with E-state index in [4.69, 9.17) is 5.73 Å². The summed E-state index contributed by atoms with van der Waals surface area (Å²) in [5, 5.41) is 2.81. The van der Waals surface area contributed by atoms with Crippen LogP contribution in [-0.2, 0) is 0 Å². The van der Waals surface area contributed by atoms with Crippen LogP contribution in [0.3, 0.4) is 0 Å². The summed E-state index contributed by atoms with van der Waals surface area (Å²) in [6, 6.07) is 9.52. The average molecular weight is 280 g/mol. The Bertz CT molecular complexity index is 719. The summed E-state index contributed by atoms with van der Waals surface area (Å²) < 4.78 is 2.02. The average Bonchev–Trinajstić information content (AvgIpc) is 3.22. The van der Waals surface area contributed by atoms with Gasteiger partial charge in [0, 0.05) is 12.2 Å². The van der Waals surface area contributed by atoms with E-state index in [9.17, 15) is 4.79 Å².